The molecule has 0 atom stereocenters. The van der Waals surface area contributed by atoms with Crippen LogP contribution in [-0.4, -0.2) is 57.3 Å². The fourth-order valence-electron chi connectivity index (χ4n) is 4.38. The maximum absolute atomic E-state index is 15.0. The molecule has 0 spiro atoms. The number of halogens is 1. The molecule has 3 aromatic rings. The molecule has 9 nitrogen and oxygen atoms in total. The largest absolute Gasteiger partial charge is 0.444 e. The Hall–Kier alpha value is -3.73. The van der Waals surface area contributed by atoms with Gasteiger partial charge in [0.05, 0.1) is 16.9 Å². The number of anilines is 2. The fourth-order valence-corrected chi connectivity index (χ4v) is 4.38. The summed E-state index contributed by atoms with van der Waals surface area (Å²) in [6.45, 7) is 8.55. The average molecular weight is 581 g/mol. The van der Waals surface area contributed by atoms with E-state index >= 15 is 0 Å². The second kappa shape index (κ2) is 17.9. The highest BCUT2D eigenvalue weighted by Crippen LogP contribution is 2.26. The van der Waals surface area contributed by atoms with E-state index in [2.05, 4.69) is 26.6 Å². The monoisotopic (exact) mass is 580 g/mol. The number of hydrogen-bond acceptors (Lipinski definition) is 7. The summed E-state index contributed by atoms with van der Waals surface area (Å²) >= 11 is 0. The van der Waals surface area contributed by atoms with E-state index in [-0.39, 0.29) is 29.6 Å². The zero-order valence-electron chi connectivity index (χ0n) is 24.7. The Labute approximate surface area is 248 Å². The minimum Gasteiger partial charge on any atom is -0.444 e. The molecule has 10 heteroatoms. The maximum Gasteiger partial charge on any atom is 0.411 e. The second-order valence-electron chi connectivity index (χ2n) is 10.5. The number of carbonyl (C=O) groups is 2. The molecule has 0 unspecified atom stereocenters. The number of benzene rings is 3. The van der Waals surface area contributed by atoms with E-state index in [1.54, 1.807) is 0 Å². The van der Waals surface area contributed by atoms with Crippen LogP contribution < -0.4 is 32.3 Å². The molecule has 0 aliphatic heterocycles. The number of nitrogens with one attached hydrogen (secondary N) is 5. The Bertz CT molecular complexity index is 1290. The lowest BCUT2D eigenvalue weighted by Crippen LogP contribution is -2.31. The molecule has 7 N–H and O–H groups in total. The summed E-state index contributed by atoms with van der Waals surface area (Å²) in [6.07, 6.45) is 3.20. The number of carbonyl (C=O) groups excluding carboxylic acids is 2. The summed E-state index contributed by atoms with van der Waals surface area (Å²) in [5.41, 5.74) is 6.70. The molecular weight excluding hydrogens is 535 g/mol. The van der Waals surface area contributed by atoms with E-state index in [1.165, 1.54) is 6.07 Å². The predicted octanol–water partition coefficient (Wildman–Crippen LogP) is 4.98. The number of rotatable bonds is 18. The molecule has 0 heterocycles. The van der Waals surface area contributed by atoms with E-state index in [0.29, 0.717) is 13.1 Å². The second-order valence-corrected chi connectivity index (χ2v) is 10.5. The van der Waals surface area contributed by atoms with Crippen LogP contribution >= 0.6 is 0 Å². The van der Waals surface area contributed by atoms with Gasteiger partial charge < -0.3 is 31.7 Å². The third kappa shape index (κ3) is 11.3. The minimum atomic E-state index is -0.738. The zero-order valence-corrected chi connectivity index (χ0v) is 24.7. The fraction of sp³-hybridized carbons (Fsp3) is 0.438. The molecule has 3 aromatic carbocycles. The lowest BCUT2D eigenvalue weighted by molar-refractivity contribution is 0.0943. The van der Waals surface area contributed by atoms with Crippen molar-refractivity contribution >= 4 is 34.1 Å². The number of nitrogens with two attached hydrogens (primary N) is 1. The minimum absolute atomic E-state index is 0.0218. The van der Waals surface area contributed by atoms with Gasteiger partial charge >= 0.3 is 6.09 Å². The molecule has 228 valence electrons. The molecule has 0 saturated carbocycles. The van der Waals surface area contributed by atoms with Crippen LogP contribution in [0.5, 0.6) is 0 Å². The van der Waals surface area contributed by atoms with Gasteiger partial charge in [0.25, 0.3) is 5.91 Å². The van der Waals surface area contributed by atoms with Crippen molar-refractivity contribution in [3.05, 3.63) is 71.5 Å². The van der Waals surface area contributed by atoms with Crippen LogP contribution in [0.4, 0.5) is 20.6 Å². The first-order valence-electron chi connectivity index (χ1n) is 14.8. The van der Waals surface area contributed by atoms with Crippen LogP contribution in [0.15, 0.2) is 54.6 Å². The summed E-state index contributed by atoms with van der Waals surface area (Å²) in [4.78, 5) is 25.5. The molecule has 42 heavy (non-hydrogen) atoms. The molecular formula is C32H45FN6O3. The highest BCUT2D eigenvalue weighted by molar-refractivity contribution is 6.03. The smallest absolute Gasteiger partial charge is 0.411 e. The third-order valence-electron chi connectivity index (χ3n) is 6.55. The number of amides is 2. The first-order chi connectivity index (χ1) is 20.4. The van der Waals surface area contributed by atoms with Crippen molar-refractivity contribution in [3.8, 4) is 0 Å². The maximum atomic E-state index is 15.0. The highest BCUT2D eigenvalue weighted by atomic mass is 19.1. The highest BCUT2D eigenvalue weighted by Gasteiger charge is 2.19. The van der Waals surface area contributed by atoms with Crippen LogP contribution in [0.2, 0.25) is 0 Å². The third-order valence-corrected chi connectivity index (χ3v) is 6.55. The van der Waals surface area contributed by atoms with Gasteiger partial charge in [0.1, 0.15) is 12.4 Å². The summed E-state index contributed by atoms with van der Waals surface area (Å²) in [7, 11) is 0. The van der Waals surface area contributed by atoms with Crippen molar-refractivity contribution < 1.29 is 18.7 Å². The van der Waals surface area contributed by atoms with Crippen molar-refractivity contribution in [1.29, 1.82) is 0 Å². The Morgan fingerprint density at radius 1 is 0.833 bits per heavy atom. The Morgan fingerprint density at radius 3 is 2.24 bits per heavy atom. The Morgan fingerprint density at radius 2 is 1.52 bits per heavy atom. The molecule has 0 aliphatic rings. The lowest BCUT2D eigenvalue weighted by atomic mass is 10.1. The van der Waals surface area contributed by atoms with Gasteiger partial charge in [-0.3, -0.25) is 10.1 Å². The van der Waals surface area contributed by atoms with Crippen molar-refractivity contribution in [2.45, 2.75) is 52.2 Å². The van der Waals surface area contributed by atoms with E-state index in [1.807, 2.05) is 56.3 Å². The van der Waals surface area contributed by atoms with Gasteiger partial charge in [-0.15, -0.1) is 0 Å². The molecule has 0 fully saturated rings. The summed E-state index contributed by atoms with van der Waals surface area (Å²) in [5, 5.41) is 17.4. The van der Waals surface area contributed by atoms with Crippen molar-refractivity contribution in [3.63, 3.8) is 0 Å². The standard InChI is InChI=1S/C32H45FN6O3/c1-23(2)38-31(40)27-20-28(33)30(37-18-8-17-36-15-6-5-14-35-16-7-13-34)21-29(27)39-32(41)42-22-24-11-12-25-9-3-4-10-26(25)19-24/h3-4,9-12,19-21,23,35-37H,5-8,13-18,22,34H2,1-2H3,(H,38,40)(H,39,41). The first kappa shape index (κ1) is 32.8. The van der Waals surface area contributed by atoms with Crippen LogP contribution in [0.1, 0.15) is 55.5 Å². The predicted molar refractivity (Wildman–Crippen MR) is 169 cm³/mol. The number of hydrogen-bond donors (Lipinski definition) is 6. The van der Waals surface area contributed by atoms with E-state index < -0.39 is 17.8 Å². The van der Waals surface area contributed by atoms with E-state index in [0.717, 1.165) is 74.3 Å². The average Bonchev–Trinajstić information content (AvgIpc) is 2.97. The van der Waals surface area contributed by atoms with Crippen LogP contribution in [0, 0.1) is 5.82 Å². The number of ether oxygens (including phenoxy) is 1. The molecule has 3 rings (SSSR count). The SMILES string of the molecule is CC(C)NC(=O)c1cc(F)c(NCCCNCCCCNCCCN)cc1NC(=O)OCc1ccc2ccccc2c1. The van der Waals surface area contributed by atoms with Crippen molar-refractivity contribution in [2.24, 2.45) is 5.73 Å². The van der Waals surface area contributed by atoms with Gasteiger partial charge in [0.2, 0.25) is 0 Å². The van der Waals surface area contributed by atoms with E-state index in [9.17, 15) is 14.0 Å². The van der Waals surface area contributed by atoms with Gasteiger partial charge in [-0.05, 0) is 107 Å². The molecule has 0 aliphatic carbocycles. The summed E-state index contributed by atoms with van der Waals surface area (Å²) < 4.78 is 20.4. The van der Waals surface area contributed by atoms with Gasteiger partial charge in [0, 0.05) is 12.6 Å². The first-order valence-corrected chi connectivity index (χ1v) is 14.8. The number of fused-ring (bicyclic) bond motifs is 1. The van der Waals surface area contributed by atoms with Gasteiger partial charge in [-0.2, -0.15) is 0 Å². The Balaban J connectivity index is 1.52. The zero-order chi connectivity index (χ0) is 30.2. The quantitative estimate of drug-likeness (QED) is 0.117. The Kier molecular flexibility index (Phi) is 14.0. The van der Waals surface area contributed by atoms with Crippen LogP contribution in [0.25, 0.3) is 10.8 Å². The number of unbranched alkanes of at least 4 members (excludes halogenated alkanes) is 1. The van der Waals surface area contributed by atoms with Crippen molar-refractivity contribution in [2.75, 3.05) is 49.9 Å². The summed E-state index contributed by atoms with van der Waals surface area (Å²) in [5.74, 6) is -1.06. The molecule has 0 bridgehead atoms. The molecule has 0 aromatic heterocycles. The topological polar surface area (TPSA) is 130 Å². The normalized spacial score (nSPS) is 11.1. The van der Waals surface area contributed by atoms with Gasteiger partial charge in [-0.1, -0.05) is 36.4 Å². The van der Waals surface area contributed by atoms with Crippen LogP contribution in [-0.2, 0) is 11.3 Å². The van der Waals surface area contributed by atoms with Gasteiger partial charge in [-0.25, -0.2) is 9.18 Å². The summed E-state index contributed by atoms with van der Waals surface area (Å²) in [6, 6.07) is 16.2. The van der Waals surface area contributed by atoms with E-state index in [4.69, 9.17) is 10.5 Å². The van der Waals surface area contributed by atoms with Crippen LogP contribution in [0.3, 0.4) is 0 Å². The molecule has 0 saturated heterocycles. The van der Waals surface area contributed by atoms with Crippen molar-refractivity contribution in [1.82, 2.24) is 16.0 Å². The lowest BCUT2D eigenvalue weighted by Gasteiger charge is -2.16. The molecule has 0 radical (unpaired) electrons. The van der Waals surface area contributed by atoms with Gasteiger partial charge in [0.15, 0.2) is 0 Å². The molecule has 2 amide bonds.